The van der Waals surface area contributed by atoms with Crippen LogP contribution in [0.2, 0.25) is 0 Å². The Hall–Kier alpha value is -1.63. The van der Waals surface area contributed by atoms with Crippen LogP contribution in [-0.4, -0.2) is 5.71 Å². The van der Waals surface area contributed by atoms with Crippen LogP contribution in [0.3, 0.4) is 0 Å². The lowest BCUT2D eigenvalue weighted by Crippen LogP contribution is -2.33. The van der Waals surface area contributed by atoms with Crippen molar-refractivity contribution in [1.29, 1.82) is 0 Å². The van der Waals surface area contributed by atoms with Crippen LogP contribution in [0.1, 0.15) is 26.7 Å². The van der Waals surface area contributed by atoms with Crippen LogP contribution < -0.4 is 0 Å². The molecule has 86 valence electrons. The molecule has 0 saturated carbocycles. The maximum absolute atomic E-state index is 4.63. The smallest absolute Gasteiger partial charge is 0.0563 e. The maximum atomic E-state index is 4.63. The molecule has 0 aromatic carbocycles. The summed E-state index contributed by atoms with van der Waals surface area (Å²) in [7, 11) is 0. The van der Waals surface area contributed by atoms with Crippen molar-refractivity contribution in [1.82, 2.24) is 0 Å². The minimum Gasteiger partial charge on any atom is -0.260 e. The lowest BCUT2D eigenvalue weighted by molar-refractivity contribution is 0.568. The van der Waals surface area contributed by atoms with Crippen LogP contribution >= 0.6 is 0 Å². The second-order valence-corrected chi connectivity index (χ2v) is 5.04. The standard InChI is InChI=1S/C16H17N/c1-12-10-15-16(11-13(12)2)8-4-3-6-14(16)7-5-9-17-15/h3,5-7,9-11H,4,8H2,1-2H3. The summed E-state index contributed by atoms with van der Waals surface area (Å²) in [4.78, 5) is 4.63. The molecule has 3 aliphatic rings. The molecule has 1 heteroatoms. The van der Waals surface area contributed by atoms with Crippen LogP contribution in [0.15, 0.2) is 64.4 Å². The third-order valence-corrected chi connectivity index (χ3v) is 3.99. The second kappa shape index (κ2) is 3.69. The van der Waals surface area contributed by atoms with E-state index < -0.39 is 0 Å². The normalized spacial score (nSPS) is 30.5. The van der Waals surface area contributed by atoms with Crippen molar-refractivity contribution >= 4 is 5.71 Å². The average Bonchev–Trinajstić information content (AvgIpc) is 2.49. The first-order valence-electron chi connectivity index (χ1n) is 6.23. The van der Waals surface area contributed by atoms with Crippen LogP contribution in [0.4, 0.5) is 0 Å². The molecule has 2 aliphatic carbocycles. The van der Waals surface area contributed by atoms with E-state index in [0.717, 1.165) is 12.8 Å². The molecule has 0 N–H and O–H groups in total. The van der Waals surface area contributed by atoms with Crippen molar-refractivity contribution in [2.24, 2.45) is 10.4 Å². The minimum absolute atomic E-state index is 0.0296. The van der Waals surface area contributed by atoms with Crippen LogP contribution in [0.25, 0.3) is 0 Å². The lowest BCUT2D eigenvalue weighted by Gasteiger charge is -2.37. The van der Waals surface area contributed by atoms with E-state index in [0.29, 0.717) is 0 Å². The predicted octanol–water partition coefficient (Wildman–Crippen LogP) is 4.12. The van der Waals surface area contributed by atoms with Crippen LogP contribution in [0, 0.1) is 5.41 Å². The van der Waals surface area contributed by atoms with Gasteiger partial charge in [-0.2, -0.15) is 0 Å². The quantitative estimate of drug-likeness (QED) is 0.585. The molecule has 0 aromatic rings. The lowest BCUT2D eigenvalue weighted by atomic mass is 9.66. The molecular formula is C16H17N. The Kier molecular flexibility index (Phi) is 2.29. The van der Waals surface area contributed by atoms with Gasteiger partial charge in [0.25, 0.3) is 0 Å². The summed E-state index contributed by atoms with van der Waals surface area (Å²) in [6, 6.07) is 0. The summed E-state index contributed by atoms with van der Waals surface area (Å²) >= 11 is 0. The fourth-order valence-electron chi connectivity index (χ4n) is 2.88. The van der Waals surface area contributed by atoms with Crippen LogP contribution in [0.5, 0.6) is 0 Å². The van der Waals surface area contributed by atoms with E-state index >= 15 is 0 Å². The number of nitrogens with zero attached hydrogens (tertiary/aromatic N) is 1. The SMILES string of the molecule is CC1=CC2=NC=CC=C3C=CCCC32C=C1C. The summed E-state index contributed by atoms with van der Waals surface area (Å²) in [5, 5.41) is 0. The number of hydrogen-bond donors (Lipinski definition) is 0. The van der Waals surface area contributed by atoms with Gasteiger partial charge in [0.05, 0.1) is 11.1 Å². The molecule has 0 bridgehead atoms. The Morgan fingerprint density at radius 2 is 2.12 bits per heavy atom. The van der Waals surface area contributed by atoms with Crippen molar-refractivity contribution in [3.63, 3.8) is 0 Å². The average molecular weight is 223 g/mol. The summed E-state index contributed by atoms with van der Waals surface area (Å²) in [6.45, 7) is 4.36. The van der Waals surface area contributed by atoms with E-state index in [-0.39, 0.29) is 5.41 Å². The van der Waals surface area contributed by atoms with Gasteiger partial charge in [-0.05, 0) is 50.0 Å². The Morgan fingerprint density at radius 1 is 1.24 bits per heavy atom. The molecule has 0 radical (unpaired) electrons. The van der Waals surface area contributed by atoms with Gasteiger partial charge in [-0.25, -0.2) is 0 Å². The molecule has 1 nitrogen and oxygen atoms in total. The molecule has 0 amide bonds. The first-order chi connectivity index (χ1) is 8.22. The summed E-state index contributed by atoms with van der Waals surface area (Å²) in [5.74, 6) is 0. The number of rotatable bonds is 0. The van der Waals surface area contributed by atoms with Gasteiger partial charge in [0.1, 0.15) is 0 Å². The second-order valence-electron chi connectivity index (χ2n) is 5.04. The maximum Gasteiger partial charge on any atom is 0.0563 e. The number of hydrogen-bond acceptors (Lipinski definition) is 1. The molecule has 1 heterocycles. The van der Waals surface area contributed by atoms with Gasteiger partial charge < -0.3 is 0 Å². The highest BCUT2D eigenvalue weighted by Gasteiger charge is 2.38. The van der Waals surface area contributed by atoms with Crippen molar-refractivity contribution in [2.45, 2.75) is 26.7 Å². The Labute approximate surface area is 103 Å². The number of aliphatic imine (C=N–C) groups is 1. The van der Waals surface area contributed by atoms with Gasteiger partial charge in [-0.1, -0.05) is 29.9 Å². The monoisotopic (exact) mass is 223 g/mol. The highest BCUT2D eigenvalue weighted by atomic mass is 14.7. The number of allylic oxidation sites excluding steroid dienone is 9. The van der Waals surface area contributed by atoms with Gasteiger partial charge in [0, 0.05) is 6.20 Å². The minimum atomic E-state index is 0.0296. The highest BCUT2D eigenvalue weighted by Crippen LogP contribution is 2.45. The molecule has 1 spiro atoms. The molecule has 1 atom stereocenters. The van der Waals surface area contributed by atoms with E-state index in [1.807, 2.05) is 12.3 Å². The summed E-state index contributed by atoms with van der Waals surface area (Å²) in [5.41, 5.74) is 5.32. The van der Waals surface area contributed by atoms with E-state index in [1.165, 1.54) is 22.4 Å². The fraction of sp³-hybridized carbons (Fsp3) is 0.312. The molecule has 17 heavy (non-hydrogen) atoms. The van der Waals surface area contributed by atoms with E-state index in [1.54, 1.807) is 0 Å². The Bertz CT molecular complexity index is 538. The molecular weight excluding hydrogens is 206 g/mol. The van der Waals surface area contributed by atoms with Gasteiger partial charge in [0.2, 0.25) is 0 Å². The zero-order chi connectivity index (χ0) is 11.9. The van der Waals surface area contributed by atoms with Gasteiger partial charge in [-0.15, -0.1) is 0 Å². The van der Waals surface area contributed by atoms with E-state index in [4.69, 9.17) is 0 Å². The first kappa shape index (κ1) is 10.5. The van der Waals surface area contributed by atoms with Gasteiger partial charge in [0.15, 0.2) is 0 Å². The summed E-state index contributed by atoms with van der Waals surface area (Å²) in [6.07, 6.45) is 17.6. The molecule has 0 fully saturated rings. The van der Waals surface area contributed by atoms with Crippen molar-refractivity contribution < 1.29 is 0 Å². The molecule has 1 unspecified atom stereocenters. The molecule has 1 aliphatic heterocycles. The largest absolute Gasteiger partial charge is 0.260 e. The zero-order valence-corrected chi connectivity index (χ0v) is 10.4. The van der Waals surface area contributed by atoms with E-state index in [9.17, 15) is 0 Å². The molecule has 0 aromatic heterocycles. The third kappa shape index (κ3) is 1.49. The zero-order valence-electron chi connectivity index (χ0n) is 10.4. The van der Waals surface area contributed by atoms with Gasteiger partial charge >= 0.3 is 0 Å². The Morgan fingerprint density at radius 3 is 3.00 bits per heavy atom. The Balaban J connectivity index is 2.24. The van der Waals surface area contributed by atoms with Crippen molar-refractivity contribution in [3.8, 4) is 0 Å². The predicted molar refractivity (Wildman–Crippen MR) is 73.0 cm³/mol. The highest BCUT2D eigenvalue weighted by molar-refractivity contribution is 6.06. The first-order valence-corrected chi connectivity index (χ1v) is 6.23. The summed E-state index contributed by atoms with van der Waals surface area (Å²) < 4.78 is 0. The van der Waals surface area contributed by atoms with Crippen molar-refractivity contribution in [2.75, 3.05) is 0 Å². The molecule has 0 saturated heterocycles. The third-order valence-electron chi connectivity index (χ3n) is 3.99. The van der Waals surface area contributed by atoms with Gasteiger partial charge in [-0.3, -0.25) is 4.99 Å². The molecule has 3 rings (SSSR count). The van der Waals surface area contributed by atoms with E-state index in [2.05, 4.69) is 49.2 Å². The fourth-order valence-corrected chi connectivity index (χ4v) is 2.88. The van der Waals surface area contributed by atoms with Crippen LogP contribution in [-0.2, 0) is 0 Å². The topological polar surface area (TPSA) is 12.4 Å². The van der Waals surface area contributed by atoms with Crippen molar-refractivity contribution in [3.05, 3.63) is 59.4 Å².